The molecule has 0 aromatic rings. The Morgan fingerprint density at radius 3 is 2.53 bits per heavy atom. The van der Waals surface area contributed by atoms with E-state index in [0.717, 1.165) is 23.8 Å². The SMILES string of the molecule is CC(C)CC1=CCC2CN(C(C)C)CC2CC1. The second kappa shape index (κ2) is 5.56. The van der Waals surface area contributed by atoms with Crippen molar-refractivity contribution in [3.8, 4) is 0 Å². The van der Waals surface area contributed by atoms with Crippen LogP contribution in [0.2, 0.25) is 0 Å². The fraction of sp³-hybridized carbons (Fsp3) is 0.875. The van der Waals surface area contributed by atoms with E-state index in [1.807, 2.05) is 0 Å². The van der Waals surface area contributed by atoms with Crippen LogP contribution in [-0.4, -0.2) is 24.0 Å². The van der Waals surface area contributed by atoms with Gasteiger partial charge in [-0.2, -0.15) is 0 Å². The molecule has 2 rings (SSSR count). The Bertz CT molecular complexity index is 277. The van der Waals surface area contributed by atoms with Crippen molar-refractivity contribution in [2.45, 2.75) is 59.4 Å². The molecule has 1 heterocycles. The van der Waals surface area contributed by atoms with E-state index in [1.54, 1.807) is 5.57 Å². The van der Waals surface area contributed by atoms with Crippen LogP contribution >= 0.6 is 0 Å². The number of likely N-dealkylation sites (tertiary alicyclic amines) is 1. The van der Waals surface area contributed by atoms with Gasteiger partial charge in [0.2, 0.25) is 0 Å². The number of rotatable bonds is 3. The summed E-state index contributed by atoms with van der Waals surface area (Å²) in [6.07, 6.45) is 8.05. The van der Waals surface area contributed by atoms with Gasteiger partial charge in [-0.15, -0.1) is 0 Å². The van der Waals surface area contributed by atoms with Crippen LogP contribution < -0.4 is 0 Å². The normalized spacial score (nSPS) is 30.6. The summed E-state index contributed by atoms with van der Waals surface area (Å²) in [5.41, 5.74) is 1.74. The Morgan fingerprint density at radius 2 is 1.88 bits per heavy atom. The standard InChI is InChI=1S/C16H29N/c1-12(2)9-14-5-7-15-10-17(13(3)4)11-16(15)8-6-14/h5,12-13,15-16H,6-11H2,1-4H3. The van der Waals surface area contributed by atoms with Crippen molar-refractivity contribution in [1.82, 2.24) is 4.90 Å². The molecule has 1 fully saturated rings. The maximum atomic E-state index is 2.68. The van der Waals surface area contributed by atoms with Gasteiger partial charge in [0.15, 0.2) is 0 Å². The minimum atomic E-state index is 0.737. The summed E-state index contributed by atoms with van der Waals surface area (Å²) in [4.78, 5) is 2.68. The Kier molecular flexibility index (Phi) is 4.30. The van der Waals surface area contributed by atoms with Crippen LogP contribution in [0, 0.1) is 17.8 Å². The third-order valence-corrected chi connectivity index (χ3v) is 4.55. The van der Waals surface area contributed by atoms with Crippen molar-refractivity contribution in [3.63, 3.8) is 0 Å². The first-order valence-electron chi connectivity index (χ1n) is 7.48. The van der Waals surface area contributed by atoms with Gasteiger partial charge in [0.1, 0.15) is 0 Å². The van der Waals surface area contributed by atoms with Gasteiger partial charge in [0, 0.05) is 19.1 Å². The van der Waals surface area contributed by atoms with Gasteiger partial charge in [0.05, 0.1) is 0 Å². The molecule has 0 spiro atoms. The molecule has 2 atom stereocenters. The van der Waals surface area contributed by atoms with E-state index < -0.39 is 0 Å². The van der Waals surface area contributed by atoms with E-state index in [-0.39, 0.29) is 0 Å². The van der Waals surface area contributed by atoms with Gasteiger partial charge in [-0.1, -0.05) is 25.5 Å². The molecule has 1 saturated heterocycles. The van der Waals surface area contributed by atoms with Gasteiger partial charge < -0.3 is 4.90 Å². The topological polar surface area (TPSA) is 3.24 Å². The second-order valence-corrected chi connectivity index (χ2v) is 6.80. The van der Waals surface area contributed by atoms with Gasteiger partial charge >= 0.3 is 0 Å². The Labute approximate surface area is 107 Å². The van der Waals surface area contributed by atoms with Crippen LogP contribution in [-0.2, 0) is 0 Å². The lowest BCUT2D eigenvalue weighted by atomic mass is 9.91. The van der Waals surface area contributed by atoms with Crippen LogP contribution in [0.3, 0.4) is 0 Å². The molecule has 0 saturated carbocycles. The highest BCUT2D eigenvalue weighted by atomic mass is 15.2. The van der Waals surface area contributed by atoms with Crippen molar-refractivity contribution >= 4 is 0 Å². The molecule has 0 aromatic carbocycles. The molecule has 98 valence electrons. The molecule has 0 aromatic heterocycles. The van der Waals surface area contributed by atoms with Gasteiger partial charge in [-0.05, 0) is 57.3 Å². The molecule has 1 nitrogen and oxygen atoms in total. The van der Waals surface area contributed by atoms with Crippen molar-refractivity contribution in [3.05, 3.63) is 11.6 Å². The third-order valence-electron chi connectivity index (χ3n) is 4.55. The zero-order chi connectivity index (χ0) is 12.4. The lowest BCUT2D eigenvalue weighted by molar-refractivity contribution is 0.260. The molecule has 0 N–H and O–H groups in total. The van der Waals surface area contributed by atoms with E-state index in [1.165, 1.54) is 38.8 Å². The summed E-state index contributed by atoms with van der Waals surface area (Å²) >= 11 is 0. The average Bonchev–Trinajstić information content (AvgIpc) is 2.57. The molecule has 0 radical (unpaired) electrons. The first-order valence-corrected chi connectivity index (χ1v) is 7.48. The van der Waals surface area contributed by atoms with Crippen LogP contribution in [0.15, 0.2) is 11.6 Å². The first-order chi connectivity index (χ1) is 8.06. The van der Waals surface area contributed by atoms with Crippen LogP contribution in [0.5, 0.6) is 0 Å². The van der Waals surface area contributed by atoms with Gasteiger partial charge in [-0.3, -0.25) is 0 Å². The van der Waals surface area contributed by atoms with E-state index >= 15 is 0 Å². The first kappa shape index (κ1) is 13.1. The summed E-state index contributed by atoms with van der Waals surface area (Å²) in [6.45, 7) is 12.1. The molecule has 2 unspecified atom stereocenters. The van der Waals surface area contributed by atoms with Crippen LogP contribution in [0.25, 0.3) is 0 Å². The maximum Gasteiger partial charge on any atom is 0.00388 e. The van der Waals surface area contributed by atoms with E-state index in [0.29, 0.717) is 0 Å². The third kappa shape index (κ3) is 3.34. The Morgan fingerprint density at radius 1 is 1.18 bits per heavy atom. The summed E-state index contributed by atoms with van der Waals surface area (Å²) in [5.74, 6) is 2.74. The number of hydrogen-bond donors (Lipinski definition) is 0. The smallest absolute Gasteiger partial charge is 0.00388 e. The van der Waals surface area contributed by atoms with E-state index in [4.69, 9.17) is 0 Å². The van der Waals surface area contributed by atoms with Crippen molar-refractivity contribution in [1.29, 1.82) is 0 Å². The molecule has 0 bridgehead atoms. The van der Waals surface area contributed by atoms with Gasteiger partial charge in [-0.25, -0.2) is 0 Å². The highest BCUT2D eigenvalue weighted by Gasteiger charge is 2.34. The minimum absolute atomic E-state index is 0.737. The van der Waals surface area contributed by atoms with Crippen molar-refractivity contribution < 1.29 is 0 Å². The molecule has 0 amide bonds. The van der Waals surface area contributed by atoms with Crippen molar-refractivity contribution in [2.24, 2.45) is 17.8 Å². The number of hydrogen-bond acceptors (Lipinski definition) is 1. The molecular formula is C16H29N. The predicted molar refractivity (Wildman–Crippen MR) is 75.1 cm³/mol. The number of nitrogens with zero attached hydrogens (tertiary/aromatic N) is 1. The van der Waals surface area contributed by atoms with Crippen LogP contribution in [0.4, 0.5) is 0 Å². The predicted octanol–water partition coefficient (Wildman–Crippen LogP) is 4.10. The Balaban J connectivity index is 1.92. The van der Waals surface area contributed by atoms with E-state index in [2.05, 4.69) is 38.7 Å². The fourth-order valence-electron chi connectivity index (χ4n) is 3.49. The number of fused-ring (bicyclic) bond motifs is 1. The molecule has 2 aliphatic rings. The average molecular weight is 235 g/mol. The highest BCUT2D eigenvalue weighted by Crippen LogP contribution is 2.36. The minimum Gasteiger partial charge on any atom is -0.300 e. The maximum absolute atomic E-state index is 2.68. The van der Waals surface area contributed by atoms with Crippen LogP contribution in [0.1, 0.15) is 53.4 Å². The fourth-order valence-corrected chi connectivity index (χ4v) is 3.49. The summed E-state index contributed by atoms with van der Waals surface area (Å²) < 4.78 is 0. The summed E-state index contributed by atoms with van der Waals surface area (Å²) in [5, 5.41) is 0. The largest absolute Gasteiger partial charge is 0.300 e. The molecule has 17 heavy (non-hydrogen) atoms. The number of allylic oxidation sites excluding steroid dienone is 2. The van der Waals surface area contributed by atoms with Crippen molar-refractivity contribution in [2.75, 3.05) is 13.1 Å². The second-order valence-electron chi connectivity index (χ2n) is 6.80. The quantitative estimate of drug-likeness (QED) is 0.666. The molecule has 1 heteroatoms. The summed E-state index contributed by atoms with van der Waals surface area (Å²) in [7, 11) is 0. The molecule has 1 aliphatic heterocycles. The van der Waals surface area contributed by atoms with E-state index in [9.17, 15) is 0 Å². The monoisotopic (exact) mass is 235 g/mol. The molecule has 1 aliphatic carbocycles. The molecular weight excluding hydrogens is 206 g/mol. The summed E-state index contributed by atoms with van der Waals surface area (Å²) in [6, 6.07) is 0.737. The lowest BCUT2D eigenvalue weighted by Gasteiger charge is -2.20. The zero-order valence-corrected chi connectivity index (χ0v) is 12.1. The zero-order valence-electron chi connectivity index (χ0n) is 12.1. The highest BCUT2D eigenvalue weighted by molar-refractivity contribution is 5.08. The Hall–Kier alpha value is -0.300. The lowest BCUT2D eigenvalue weighted by Crippen LogP contribution is -2.28. The van der Waals surface area contributed by atoms with Gasteiger partial charge in [0.25, 0.3) is 0 Å².